The highest BCUT2D eigenvalue weighted by atomic mass is 19.4. The summed E-state index contributed by atoms with van der Waals surface area (Å²) in [6, 6.07) is 8.23. The number of carbonyl (C=O) groups excluding carboxylic acids is 2. The van der Waals surface area contributed by atoms with Crippen LogP contribution in [0.25, 0.3) is 0 Å². The van der Waals surface area contributed by atoms with Gasteiger partial charge in [0.05, 0.1) is 16.5 Å². The molecule has 1 saturated heterocycles. The SMILES string of the molecule is CCCC(NC(=O)c1ccc(N2CCN(C(C)=O)CC2)c([N+](=O)[O-])c1)c1cccc(C(F)(F)F)c1. The Hall–Kier alpha value is -3.63. The number of benzene rings is 2. The second-order valence-corrected chi connectivity index (χ2v) is 8.39. The van der Waals surface area contributed by atoms with Gasteiger partial charge in [-0.05, 0) is 36.2 Å². The molecule has 0 aromatic heterocycles. The Morgan fingerprint density at radius 3 is 2.37 bits per heavy atom. The summed E-state index contributed by atoms with van der Waals surface area (Å²) in [6.07, 6.45) is -3.51. The first-order valence-corrected chi connectivity index (χ1v) is 11.3. The van der Waals surface area contributed by atoms with Crippen molar-refractivity contribution in [3.05, 3.63) is 69.3 Å². The molecule has 2 aromatic rings. The van der Waals surface area contributed by atoms with E-state index in [0.717, 1.165) is 12.1 Å². The Morgan fingerprint density at radius 2 is 1.80 bits per heavy atom. The molecule has 2 amide bonds. The van der Waals surface area contributed by atoms with E-state index < -0.39 is 28.6 Å². The molecule has 2 aromatic carbocycles. The molecule has 0 saturated carbocycles. The average Bonchev–Trinajstić information content (AvgIpc) is 2.83. The van der Waals surface area contributed by atoms with Crippen LogP contribution in [0.5, 0.6) is 0 Å². The van der Waals surface area contributed by atoms with E-state index in [-0.39, 0.29) is 17.2 Å². The lowest BCUT2D eigenvalue weighted by Crippen LogP contribution is -2.48. The van der Waals surface area contributed by atoms with Crippen LogP contribution in [-0.4, -0.2) is 47.8 Å². The molecule has 1 fully saturated rings. The van der Waals surface area contributed by atoms with E-state index >= 15 is 0 Å². The molecular weight excluding hydrogens is 465 g/mol. The number of hydrogen-bond acceptors (Lipinski definition) is 5. The van der Waals surface area contributed by atoms with E-state index in [1.165, 1.54) is 37.3 Å². The molecule has 1 aliphatic rings. The van der Waals surface area contributed by atoms with E-state index in [2.05, 4.69) is 5.32 Å². The van der Waals surface area contributed by atoms with Crippen molar-refractivity contribution in [2.24, 2.45) is 0 Å². The number of carbonyl (C=O) groups is 2. The van der Waals surface area contributed by atoms with Crippen molar-refractivity contribution in [2.75, 3.05) is 31.1 Å². The van der Waals surface area contributed by atoms with Crippen molar-refractivity contribution in [1.29, 1.82) is 0 Å². The zero-order chi connectivity index (χ0) is 25.8. The van der Waals surface area contributed by atoms with Gasteiger partial charge in [-0.25, -0.2) is 0 Å². The standard InChI is InChI=1S/C24H27F3N4O4/c1-3-5-20(17-6-4-7-19(14-17)24(25,26)27)28-23(33)18-8-9-21(22(15-18)31(34)35)30-12-10-29(11-13-30)16(2)32/h4,6-9,14-15,20H,3,5,10-13H2,1-2H3,(H,28,33). The van der Waals surface area contributed by atoms with Crippen LogP contribution in [0.15, 0.2) is 42.5 Å². The maximum Gasteiger partial charge on any atom is 0.416 e. The summed E-state index contributed by atoms with van der Waals surface area (Å²) < 4.78 is 39.4. The second-order valence-electron chi connectivity index (χ2n) is 8.39. The number of halogens is 3. The van der Waals surface area contributed by atoms with Crippen molar-refractivity contribution in [1.82, 2.24) is 10.2 Å². The summed E-state index contributed by atoms with van der Waals surface area (Å²) in [6.45, 7) is 5.02. The van der Waals surface area contributed by atoms with Gasteiger partial charge in [0.15, 0.2) is 0 Å². The smallest absolute Gasteiger partial charge is 0.362 e. The third kappa shape index (κ3) is 6.28. The summed E-state index contributed by atoms with van der Waals surface area (Å²) >= 11 is 0. The van der Waals surface area contributed by atoms with E-state index in [9.17, 15) is 32.9 Å². The van der Waals surface area contributed by atoms with E-state index in [1.54, 1.807) is 9.80 Å². The summed E-state index contributed by atoms with van der Waals surface area (Å²) in [5.41, 5.74) is -0.367. The summed E-state index contributed by atoms with van der Waals surface area (Å²) in [7, 11) is 0. The summed E-state index contributed by atoms with van der Waals surface area (Å²) in [5.74, 6) is -0.675. The van der Waals surface area contributed by atoms with Gasteiger partial charge in [0, 0.05) is 44.7 Å². The number of anilines is 1. The number of rotatable bonds is 7. The van der Waals surface area contributed by atoms with Gasteiger partial charge in [-0.3, -0.25) is 19.7 Å². The van der Waals surface area contributed by atoms with Crippen LogP contribution >= 0.6 is 0 Å². The molecule has 1 N–H and O–H groups in total. The minimum absolute atomic E-state index is 0.0379. The van der Waals surface area contributed by atoms with Crippen molar-refractivity contribution in [3.63, 3.8) is 0 Å². The molecule has 3 rings (SSSR count). The highest BCUT2D eigenvalue weighted by Crippen LogP contribution is 2.33. The Labute approximate surface area is 200 Å². The van der Waals surface area contributed by atoms with E-state index in [4.69, 9.17) is 0 Å². The maximum absolute atomic E-state index is 13.1. The Bertz CT molecular complexity index is 1100. The van der Waals surface area contributed by atoms with Crippen molar-refractivity contribution < 1.29 is 27.7 Å². The zero-order valence-electron chi connectivity index (χ0n) is 19.5. The van der Waals surface area contributed by atoms with Gasteiger partial charge in [-0.2, -0.15) is 13.2 Å². The monoisotopic (exact) mass is 492 g/mol. The van der Waals surface area contributed by atoms with Gasteiger partial charge in [-0.15, -0.1) is 0 Å². The van der Waals surface area contributed by atoms with Crippen LogP contribution in [0, 0.1) is 10.1 Å². The highest BCUT2D eigenvalue weighted by molar-refractivity contribution is 5.96. The number of amides is 2. The molecular formula is C24H27F3N4O4. The lowest BCUT2D eigenvalue weighted by Gasteiger charge is -2.35. The van der Waals surface area contributed by atoms with Crippen molar-refractivity contribution >= 4 is 23.2 Å². The van der Waals surface area contributed by atoms with Gasteiger partial charge in [0.2, 0.25) is 5.91 Å². The number of hydrogen-bond donors (Lipinski definition) is 1. The van der Waals surface area contributed by atoms with Gasteiger partial charge in [0.25, 0.3) is 11.6 Å². The Balaban J connectivity index is 1.82. The predicted octanol–water partition coefficient (Wildman–Crippen LogP) is 4.55. The van der Waals surface area contributed by atoms with Crippen LogP contribution in [0.3, 0.4) is 0 Å². The minimum atomic E-state index is -4.51. The zero-order valence-corrected chi connectivity index (χ0v) is 19.5. The highest BCUT2D eigenvalue weighted by Gasteiger charge is 2.31. The molecule has 1 aliphatic heterocycles. The number of nitro benzene ring substituents is 1. The molecule has 0 bridgehead atoms. The first-order chi connectivity index (χ1) is 16.5. The van der Waals surface area contributed by atoms with Crippen molar-refractivity contribution in [2.45, 2.75) is 38.9 Å². The number of alkyl halides is 3. The van der Waals surface area contributed by atoms with Crippen LogP contribution < -0.4 is 10.2 Å². The average molecular weight is 492 g/mol. The molecule has 0 spiro atoms. The molecule has 1 heterocycles. The molecule has 0 aliphatic carbocycles. The van der Waals surface area contributed by atoms with Crippen LogP contribution in [0.4, 0.5) is 24.5 Å². The van der Waals surface area contributed by atoms with E-state index in [0.29, 0.717) is 50.3 Å². The third-order valence-electron chi connectivity index (χ3n) is 6.00. The number of nitrogens with one attached hydrogen (secondary N) is 1. The van der Waals surface area contributed by atoms with Gasteiger partial charge in [-0.1, -0.05) is 25.5 Å². The lowest BCUT2D eigenvalue weighted by atomic mass is 9.99. The fourth-order valence-electron chi connectivity index (χ4n) is 4.12. The summed E-state index contributed by atoms with van der Waals surface area (Å²) in [4.78, 5) is 39.1. The molecule has 188 valence electrons. The van der Waals surface area contributed by atoms with Crippen LogP contribution in [0.2, 0.25) is 0 Å². The number of nitrogens with zero attached hydrogens (tertiary/aromatic N) is 3. The van der Waals surface area contributed by atoms with Crippen molar-refractivity contribution in [3.8, 4) is 0 Å². The molecule has 8 nitrogen and oxygen atoms in total. The molecule has 1 atom stereocenters. The van der Waals surface area contributed by atoms with Crippen LogP contribution in [-0.2, 0) is 11.0 Å². The lowest BCUT2D eigenvalue weighted by molar-refractivity contribution is -0.384. The molecule has 0 radical (unpaired) electrons. The van der Waals surface area contributed by atoms with E-state index in [1.807, 2.05) is 6.92 Å². The first kappa shape index (κ1) is 26.0. The number of nitro groups is 1. The first-order valence-electron chi connectivity index (χ1n) is 11.3. The molecule has 11 heteroatoms. The fourth-order valence-corrected chi connectivity index (χ4v) is 4.12. The maximum atomic E-state index is 13.1. The molecule has 1 unspecified atom stereocenters. The van der Waals surface area contributed by atoms with Gasteiger partial charge in [0.1, 0.15) is 5.69 Å². The van der Waals surface area contributed by atoms with Gasteiger partial charge < -0.3 is 15.1 Å². The minimum Gasteiger partial charge on any atom is -0.362 e. The third-order valence-corrected chi connectivity index (χ3v) is 6.00. The predicted molar refractivity (Wildman–Crippen MR) is 124 cm³/mol. The van der Waals surface area contributed by atoms with Crippen LogP contribution in [0.1, 0.15) is 54.2 Å². The quantitative estimate of drug-likeness (QED) is 0.452. The molecule has 35 heavy (non-hydrogen) atoms. The second kappa shape index (κ2) is 10.7. The Morgan fingerprint density at radius 1 is 1.11 bits per heavy atom. The van der Waals surface area contributed by atoms with Gasteiger partial charge >= 0.3 is 6.18 Å². The normalized spacial score (nSPS) is 15.0. The number of piperazine rings is 1. The summed E-state index contributed by atoms with van der Waals surface area (Å²) in [5, 5.41) is 14.5. The topological polar surface area (TPSA) is 95.8 Å². The Kier molecular flexibility index (Phi) is 7.98. The fraction of sp³-hybridized carbons (Fsp3) is 0.417. The largest absolute Gasteiger partial charge is 0.416 e.